The summed E-state index contributed by atoms with van der Waals surface area (Å²) in [5, 5.41) is 12.3. The lowest BCUT2D eigenvalue weighted by Gasteiger charge is -2.41. The number of ether oxygens (including phenoxy) is 1. The van der Waals surface area contributed by atoms with Crippen LogP contribution >= 0.6 is 11.6 Å². The van der Waals surface area contributed by atoms with E-state index in [9.17, 15) is 24.3 Å². The molecule has 0 aromatic heterocycles. The minimum atomic E-state index is -1.98. The molecule has 2 aromatic carbocycles. The van der Waals surface area contributed by atoms with Crippen molar-refractivity contribution < 1.29 is 23.8 Å². The largest absolute Gasteiger partial charge is 0.611 e. The van der Waals surface area contributed by atoms with Crippen molar-refractivity contribution in [3.8, 4) is 0 Å². The van der Waals surface area contributed by atoms with Gasteiger partial charge < -0.3 is 19.1 Å². The molecular weight excluding hydrogens is 494 g/mol. The highest BCUT2D eigenvalue weighted by atomic mass is 35.5. The number of carbonyl (C=O) groups is 2. The van der Waals surface area contributed by atoms with Crippen LogP contribution in [0.3, 0.4) is 0 Å². The van der Waals surface area contributed by atoms with Crippen LogP contribution in [0.1, 0.15) is 37.6 Å². The van der Waals surface area contributed by atoms with E-state index in [1.165, 1.54) is 12.1 Å². The minimum Gasteiger partial charge on any atom is -0.611 e. The molecule has 9 nitrogen and oxygen atoms in total. The van der Waals surface area contributed by atoms with E-state index in [2.05, 4.69) is 4.90 Å². The smallest absolute Gasteiger partial charge is 0.357 e. The Bertz CT molecular complexity index is 1100. The van der Waals surface area contributed by atoms with E-state index >= 15 is 0 Å². The topological polar surface area (TPSA) is 116 Å². The zero-order chi connectivity index (χ0) is 25.7. The molecule has 1 amide bonds. The summed E-state index contributed by atoms with van der Waals surface area (Å²) >= 11 is 4.13. The van der Waals surface area contributed by atoms with Gasteiger partial charge in [-0.15, -0.1) is 0 Å². The molecule has 2 unspecified atom stereocenters. The molecule has 3 rings (SSSR count). The molecule has 0 spiro atoms. The third-order valence-corrected chi connectivity index (χ3v) is 7.43. The number of piperazine rings is 1. The van der Waals surface area contributed by atoms with Gasteiger partial charge >= 0.3 is 11.7 Å². The SMILES string of the molecule is CCC(C)OC(=O)C[S+]([O-])c1ccc(C(=O)N2CCN(c3cccc(Cl)c3)[C@H](C)C2)cc1[N+](=O)[O-]. The average molecular weight is 522 g/mol. The lowest BCUT2D eigenvalue weighted by molar-refractivity contribution is -0.387. The molecule has 1 fully saturated rings. The Morgan fingerprint density at radius 3 is 2.63 bits per heavy atom. The molecule has 0 saturated carbocycles. The number of amides is 1. The molecule has 0 aliphatic carbocycles. The van der Waals surface area contributed by atoms with Crippen LogP contribution in [0.5, 0.6) is 0 Å². The number of hydrogen-bond acceptors (Lipinski definition) is 7. The molecule has 11 heteroatoms. The van der Waals surface area contributed by atoms with Gasteiger partial charge in [0, 0.05) is 65.3 Å². The van der Waals surface area contributed by atoms with E-state index in [0.29, 0.717) is 31.1 Å². The second kappa shape index (κ2) is 11.7. The molecule has 1 aliphatic rings. The Morgan fingerprint density at radius 1 is 1.26 bits per heavy atom. The lowest BCUT2D eigenvalue weighted by atomic mass is 10.1. The number of anilines is 1. The highest BCUT2D eigenvalue weighted by molar-refractivity contribution is 7.92. The molecule has 2 aromatic rings. The Balaban J connectivity index is 1.73. The monoisotopic (exact) mass is 521 g/mol. The zero-order valence-corrected chi connectivity index (χ0v) is 21.4. The van der Waals surface area contributed by atoms with Gasteiger partial charge in [-0.3, -0.25) is 14.9 Å². The molecule has 0 N–H and O–H groups in total. The number of carbonyl (C=O) groups excluding carboxylic acids is 2. The van der Waals surface area contributed by atoms with E-state index < -0.39 is 33.5 Å². The predicted molar refractivity (Wildman–Crippen MR) is 134 cm³/mol. The molecule has 3 atom stereocenters. The summed E-state index contributed by atoms with van der Waals surface area (Å²) in [7, 11) is 0. The van der Waals surface area contributed by atoms with E-state index in [1.54, 1.807) is 17.9 Å². The summed E-state index contributed by atoms with van der Waals surface area (Å²) in [4.78, 5) is 39.8. The summed E-state index contributed by atoms with van der Waals surface area (Å²) in [5.74, 6) is -1.54. The second-order valence-electron chi connectivity index (χ2n) is 8.41. The first kappa shape index (κ1) is 26.8. The molecule has 188 valence electrons. The van der Waals surface area contributed by atoms with Crippen LogP contribution in [0.25, 0.3) is 0 Å². The fourth-order valence-corrected chi connectivity index (χ4v) is 5.08. The third-order valence-electron chi connectivity index (χ3n) is 5.86. The number of nitro groups is 1. The maximum Gasteiger partial charge on any atom is 0.357 e. The number of hydrogen-bond donors (Lipinski definition) is 0. The van der Waals surface area contributed by atoms with Gasteiger partial charge in [-0.25, -0.2) is 4.79 Å². The van der Waals surface area contributed by atoms with Crippen LogP contribution in [0.15, 0.2) is 47.4 Å². The summed E-state index contributed by atoms with van der Waals surface area (Å²) in [6.45, 7) is 6.98. The number of nitro benzene ring substituents is 1. The van der Waals surface area contributed by atoms with Crippen LogP contribution < -0.4 is 4.90 Å². The van der Waals surface area contributed by atoms with Crippen molar-refractivity contribution in [1.29, 1.82) is 0 Å². The Morgan fingerprint density at radius 2 is 2.00 bits per heavy atom. The first-order valence-electron chi connectivity index (χ1n) is 11.3. The molecule has 0 bridgehead atoms. The Labute approximate surface area is 212 Å². The molecule has 1 aliphatic heterocycles. The number of halogens is 1. The van der Waals surface area contributed by atoms with Gasteiger partial charge in [0.05, 0.1) is 11.0 Å². The predicted octanol–water partition coefficient (Wildman–Crippen LogP) is 4.05. The molecule has 0 radical (unpaired) electrons. The molecular formula is C24H28ClN3O6S. The van der Waals surface area contributed by atoms with E-state index in [0.717, 1.165) is 11.8 Å². The van der Waals surface area contributed by atoms with Gasteiger partial charge in [-0.05, 0) is 44.5 Å². The normalized spacial score (nSPS) is 17.6. The van der Waals surface area contributed by atoms with Gasteiger partial charge in [0.25, 0.3) is 5.91 Å². The van der Waals surface area contributed by atoms with E-state index in [4.69, 9.17) is 16.3 Å². The first-order valence-corrected chi connectivity index (χ1v) is 13.0. The average Bonchev–Trinajstić information content (AvgIpc) is 2.82. The minimum absolute atomic E-state index is 0.00412. The van der Waals surface area contributed by atoms with Crippen molar-refractivity contribution in [3.05, 3.63) is 63.2 Å². The van der Waals surface area contributed by atoms with Crippen LogP contribution in [0, 0.1) is 10.1 Å². The number of rotatable bonds is 8. The Kier molecular flexibility index (Phi) is 8.98. The van der Waals surface area contributed by atoms with E-state index in [1.807, 2.05) is 32.0 Å². The van der Waals surface area contributed by atoms with Gasteiger partial charge in [-0.2, -0.15) is 0 Å². The van der Waals surface area contributed by atoms with Crippen LogP contribution in [-0.4, -0.2) is 63.8 Å². The van der Waals surface area contributed by atoms with Crippen LogP contribution in [0.4, 0.5) is 11.4 Å². The van der Waals surface area contributed by atoms with E-state index in [-0.39, 0.29) is 28.5 Å². The standard InChI is InChI=1S/C24H28ClN3O6S/c1-4-17(3)34-23(29)15-35(33)22-9-8-18(12-21(22)28(31)32)24(30)26-10-11-27(16(2)14-26)20-7-5-6-19(25)13-20/h5-9,12-13,16-17H,4,10-11,14-15H2,1-3H3/t16-,17?,35?/m1/s1. The van der Waals surface area contributed by atoms with Crippen molar-refractivity contribution in [2.75, 3.05) is 30.3 Å². The molecule has 35 heavy (non-hydrogen) atoms. The highest BCUT2D eigenvalue weighted by Gasteiger charge is 2.32. The quantitative estimate of drug-likeness (QED) is 0.223. The van der Waals surface area contributed by atoms with Gasteiger partial charge in [0.15, 0.2) is 0 Å². The van der Waals surface area contributed by atoms with Crippen LogP contribution in [0.2, 0.25) is 5.02 Å². The number of nitrogens with zero attached hydrogens (tertiary/aromatic N) is 3. The summed E-state index contributed by atoms with van der Waals surface area (Å²) in [6, 6.07) is 11.3. The van der Waals surface area contributed by atoms with Gasteiger partial charge in [-0.1, -0.05) is 24.6 Å². The van der Waals surface area contributed by atoms with Crippen molar-refractivity contribution >= 4 is 46.0 Å². The third kappa shape index (κ3) is 6.65. The van der Waals surface area contributed by atoms with Gasteiger partial charge in [0.2, 0.25) is 10.6 Å². The highest BCUT2D eigenvalue weighted by Crippen LogP contribution is 2.28. The van der Waals surface area contributed by atoms with Crippen LogP contribution in [-0.2, 0) is 20.7 Å². The van der Waals surface area contributed by atoms with Gasteiger partial charge in [0.1, 0.15) is 0 Å². The maximum absolute atomic E-state index is 13.1. The molecule has 1 heterocycles. The van der Waals surface area contributed by atoms with Crippen molar-refractivity contribution in [3.63, 3.8) is 0 Å². The fourth-order valence-electron chi connectivity index (χ4n) is 3.88. The summed E-state index contributed by atoms with van der Waals surface area (Å²) < 4.78 is 17.8. The summed E-state index contributed by atoms with van der Waals surface area (Å²) in [6.07, 6.45) is 0.262. The van der Waals surface area contributed by atoms with Crippen molar-refractivity contribution in [1.82, 2.24) is 4.90 Å². The van der Waals surface area contributed by atoms with Crippen molar-refractivity contribution in [2.45, 2.75) is 44.2 Å². The lowest BCUT2D eigenvalue weighted by Crippen LogP contribution is -2.53. The van der Waals surface area contributed by atoms with Crippen molar-refractivity contribution in [2.24, 2.45) is 0 Å². The Hall–Kier alpha value is -2.82. The number of benzene rings is 2. The zero-order valence-electron chi connectivity index (χ0n) is 19.8. The summed E-state index contributed by atoms with van der Waals surface area (Å²) in [5.41, 5.74) is 0.630. The fraction of sp³-hybridized carbons (Fsp3) is 0.417. The first-order chi connectivity index (χ1) is 16.6. The molecule has 1 saturated heterocycles. The second-order valence-corrected chi connectivity index (χ2v) is 10.3. The number of esters is 1. The maximum atomic E-state index is 13.1.